The summed E-state index contributed by atoms with van der Waals surface area (Å²) in [7, 11) is 0. The molecule has 0 unspecified atom stereocenters. The van der Waals surface area contributed by atoms with Gasteiger partial charge in [0.1, 0.15) is 5.01 Å². The average Bonchev–Trinajstić information content (AvgIpc) is 3.05. The maximum absolute atomic E-state index is 11.9. The Balaban J connectivity index is 1.71. The molecule has 3 aromatic rings. The van der Waals surface area contributed by atoms with Gasteiger partial charge in [0.25, 0.3) is 0 Å². The topological polar surface area (TPSA) is 42.9 Å². The third kappa shape index (κ3) is 2.80. The predicted octanol–water partition coefficient (Wildman–Crippen LogP) is 5.04. The van der Waals surface area contributed by atoms with E-state index in [0.29, 0.717) is 11.4 Å². The molecule has 5 heteroatoms. The second-order valence-electron chi connectivity index (χ2n) is 5.51. The van der Waals surface area contributed by atoms with E-state index in [9.17, 15) is 4.79 Å². The monoisotopic (exact) mass is 340 g/mol. The van der Waals surface area contributed by atoms with Crippen molar-refractivity contribution in [1.29, 1.82) is 0 Å². The fraction of sp³-hybridized carbons (Fsp3) is 0.167. The SMILES string of the molecule is O=C1CCCc2nc(-c3ncc(-c4cccc(Cl)c4)s3)ccc21. The summed E-state index contributed by atoms with van der Waals surface area (Å²) < 4.78 is 0. The first kappa shape index (κ1) is 14.5. The third-order valence-electron chi connectivity index (χ3n) is 3.93. The van der Waals surface area contributed by atoms with E-state index in [1.165, 1.54) is 0 Å². The molecule has 1 aromatic carbocycles. The molecule has 4 rings (SSSR count). The highest BCUT2D eigenvalue weighted by Crippen LogP contribution is 2.33. The normalized spacial score (nSPS) is 13.9. The zero-order valence-corrected chi connectivity index (χ0v) is 13.8. The number of carbonyl (C=O) groups is 1. The van der Waals surface area contributed by atoms with Crippen molar-refractivity contribution >= 4 is 28.7 Å². The van der Waals surface area contributed by atoms with E-state index in [4.69, 9.17) is 11.6 Å². The summed E-state index contributed by atoms with van der Waals surface area (Å²) >= 11 is 7.63. The van der Waals surface area contributed by atoms with Crippen LogP contribution in [-0.2, 0) is 6.42 Å². The molecule has 2 heterocycles. The second-order valence-corrected chi connectivity index (χ2v) is 6.97. The molecule has 0 amide bonds. The van der Waals surface area contributed by atoms with Crippen LogP contribution in [-0.4, -0.2) is 15.8 Å². The lowest BCUT2D eigenvalue weighted by Crippen LogP contribution is -2.12. The van der Waals surface area contributed by atoms with Gasteiger partial charge in [0.05, 0.1) is 16.3 Å². The van der Waals surface area contributed by atoms with E-state index in [1.54, 1.807) is 11.3 Å². The quantitative estimate of drug-likeness (QED) is 0.656. The number of rotatable bonds is 2. The van der Waals surface area contributed by atoms with E-state index in [2.05, 4.69) is 9.97 Å². The zero-order valence-electron chi connectivity index (χ0n) is 12.3. The Morgan fingerprint density at radius 2 is 2.04 bits per heavy atom. The Morgan fingerprint density at radius 1 is 1.13 bits per heavy atom. The first-order chi connectivity index (χ1) is 11.2. The second kappa shape index (κ2) is 5.87. The van der Waals surface area contributed by atoms with Crippen molar-refractivity contribution in [3.8, 4) is 21.1 Å². The molecule has 0 aliphatic heterocycles. The molecule has 2 aromatic heterocycles. The Morgan fingerprint density at radius 3 is 2.91 bits per heavy atom. The number of fused-ring (bicyclic) bond motifs is 1. The molecule has 0 N–H and O–H groups in total. The minimum absolute atomic E-state index is 0.198. The number of pyridine rings is 1. The van der Waals surface area contributed by atoms with Crippen molar-refractivity contribution in [1.82, 2.24) is 9.97 Å². The number of hydrogen-bond acceptors (Lipinski definition) is 4. The van der Waals surface area contributed by atoms with Crippen LogP contribution >= 0.6 is 22.9 Å². The molecule has 114 valence electrons. The van der Waals surface area contributed by atoms with Crippen molar-refractivity contribution in [3.05, 3.63) is 58.9 Å². The highest BCUT2D eigenvalue weighted by Gasteiger charge is 2.19. The first-order valence-corrected chi connectivity index (χ1v) is 8.65. The number of ketones is 1. The molecule has 0 atom stereocenters. The minimum Gasteiger partial charge on any atom is -0.294 e. The van der Waals surface area contributed by atoms with E-state index in [-0.39, 0.29) is 5.78 Å². The van der Waals surface area contributed by atoms with Crippen LogP contribution in [0.25, 0.3) is 21.1 Å². The van der Waals surface area contributed by atoms with Gasteiger partial charge in [0, 0.05) is 23.2 Å². The van der Waals surface area contributed by atoms with E-state index < -0.39 is 0 Å². The van der Waals surface area contributed by atoms with Gasteiger partial charge in [-0.05, 0) is 42.7 Å². The molecule has 23 heavy (non-hydrogen) atoms. The Hall–Kier alpha value is -2.04. The number of nitrogens with zero attached hydrogens (tertiary/aromatic N) is 2. The molecule has 0 spiro atoms. The van der Waals surface area contributed by atoms with Crippen molar-refractivity contribution in [2.45, 2.75) is 19.3 Å². The van der Waals surface area contributed by atoms with Gasteiger partial charge in [0.15, 0.2) is 5.78 Å². The third-order valence-corrected chi connectivity index (χ3v) is 5.23. The van der Waals surface area contributed by atoms with Crippen LogP contribution in [0.4, 0.5) is 0 Å². The van der Waals surface area contributed by atoms with Gasteiger partial charge in [-0.25, -0.2) is 9.97 Å². The first-order valence-electron chi connectivity index (χ1n) is 7.46. The summed E-state index contributed by atoms with van der Waals surface area (Å²) in [5.41, 5.74) is 3.55. The maximum atomic E-state index is 11.9. The van der Waals surface area contributed by atoms with Crippen LogP contribution in [0.15, 0.2) is 42.6 Å². The standard InChI is InChI=1S/C18H13ClN2OS/c19-12-4-1-3-11(9-12)17-10-20-18(23-17)15-8-7-13-14(21-15)5-2-6-16(13)22/h1,3-4,7-10H,2,5-6H2. The average molecular weight is 341 g/mol. The molecule has 0 radical (unpaired) electrons. The molecule has 1 aliphatic rings. The number of hydrogen-bond donors (Lipinski definition) is 0. The van der Waals surface area contributed by atoms with Crippen LogP contribution in [0.5, 0.6) is 0 Å². The van der Waals surface area contributed by atoms with Gasteiger partial charge in [-0.15, -0.1) is 11.3 Å². The number of aromatic nitrogens is 2. The molecule has 0 saturated heterocycles. The van der Waals surface area contributed by atoms with Crippen LogP contribution in [0.3, 0.4) is 0 Å². The fourth-order valence-corrected chi connectivity index (χ4v) is 3.86. The lowest BCUT2D eigenvalue weighted by Gasteiger charge is -2.13. The number of carbonyl (C=O) groups excluding carboxylic acids is 1. The summed E-state index contributed by atoms with van der Waals surface area (Å²) in [5, 5.41) is 1.57. The summed E-state index contributed by atoms with van der Waals surface area (Å²) in [6.07, 6.45) is 4.22. The summed E-state index contributed by atoms with van der Waals surface area (Å²) in [6, 6.07) is 11.5. The molecule has 0 saturated carbocycles. The van der Waals surface area contributed by atoms with Crippen molar-refractivity contribution < 1.29 is 4.79 Å². The van der Waals surface area contributed by atoms with Crippen LogP contribution in [0.1, 0.15) is 28.9 Å². The number of benzene rings is 1. The van der Waals surface area contributed by atoms with Crippen LogP contribution in [0, 0.1) is 0 Å². The lowest BCUT2D eigenvalue weighted by atomic mass is 9.94. The largest absolute Gasteiger partial charge is 0.294 e. The Bertz CT molecular complexity index is 904. The van der Waals surface area contributed by atoms with Gasteiger partial charge in [0.2, 0.25) is 0 Å². The number of Topliss-reactive ketones (excluding diaryl/α,β-unsaturated/α-hetero) is 1. The lowest BCUT2D eigenvalue weighted by molar-refractivity contribution is 0.0971. The van der Waals surface area contributed by atoms with Gasteiger partial charge >= 0.3 is 0 Å². The summed E-state index contributed by atoms with van der Waals surface area (Å²) in [4.78, 5) is 22.1. The molecule has 0 fully saturated rings. The van der Waals surface area contributed by atoms with E-state index in [0.717, 1.165) is 45.2 Å². The smallest absolute Gasteiger partial charge is 0.164 e. The number of thiazole rings is 1. The Labute approximate surface area is 143 Å². The van der Waals surface area contributed by atoms with Crippen LogP contribution in [0.2, 0.25) is 5.02 Å². The molecule has 3 nitrogen and oxygen atoms in total. The van der Waals surface area contributed by atoms with Gasteiger partial charge < -0.3 is 0 Å². The van der Waals surface area contributed by atoms with E-state index >= 15 is 0 Å². The maximum Gasteiger partial charge on any atom is 0.164 e. The molecular formula is C18H13ClN2OS. The van der Waals surface area contributed by atoms with Crippen molar-refractivity contribution in [2.24, 2.45) is 0 Å². The van der Waals surface area contributed by atoms with E-state index in [1.807, 2.05) is 42.6 Å². The van der Waals surface area contributed by atoms with Crippen molar-refractivity contribution in [2.75, 3.05) is 0 Å². The number of halogens is 1. The summed E-state index contributed by atoms with van der Waals surface area (Å²) in [6.45, 7) is 0. The highest BCUT2D eigenvalue weighted by molar-refractivity contribution is 7.18. The minimum atomic E-state index is 0.198. The predicted molar refractivity (Wildman–Crippen MR) is 93.1 cm³/mol. The highest BCUT2D eigenvalue weighted by atomic mass is 35.5. The molecule has 1 aliphatic carbocycles. The fourth-order valence-electron chi connectivity index (χ4n) is 2.78. The van der Waals surface area contributed by atoms with Crippen LogP contribution < -0.4 is 0 Å². The van der Waals surface area contributed by atoms with Gasteiger partial charge in [-0.2, -0.15) is 0 Å². The molecule has 0 bridgehead atoms. The zero-order chi connectivity index (χ0) is 15.8. The van der Waals surface area contributed by atoms with Gasteiger partial charge in [-0.1, -0.05) is 23.7 Å². The van der Waals surface area contributed by atoms with Gasteiger partial charge in [-0.3, -0.25) is 4.79 Å². The van der Waals surface area contributed by atoms with Crippen molar-refractivity contribution in [3.63, 3.8) is 0 Å². The molecular weight excluding hydrogens is 328 g/mol. The summed E-state index contributed by atoms with van der Waals surface area (Å²) in [5.74, 6) is 0.198. The Kier molecular flexibility index (Phi) is 3.71. The number of aryl methyl sites for hydroxylation is 1.